The van der Waals surface area contributed by atoms with Gasteiger partial charge in [-0.05, 0) is 12.1 Å². The third kappa shape index (κ3) is 4.61. The lowest BCUT2D eigenvalue weighted by Crippen LogP contribution is -2.56. The van der Waals surface area contributed by atoms with Gasteiger partial charge in [-0.1, -0.05) is 23.2 Å². The van der Waals surface area contributed by atoms with E-state index in [4.69, 9.17) is 23.2 Å². The zero-order valence-electron chi connectivity index (χ0n) is 11.4. The Hall–Kier alpha value is -1.26. The van der Waals surface area contributed by atoms with Gasteiger partial charge in [-0.2, -0.15) is 8.78 Å². The number of hydrogen-bond donors (Lipinski definition) is 0. The fourth-order valence-electron chi connectivity index (χ4n) is 1.45. The van der Waals surface area contributed by atoms with Crippen molar-refractivity contribution in [3.8, 4) is 0 Å². The minimum absolute atomic E-state index is 0.178. The maximum absolute atomic E-state index is 13.8. The molecule has 0 saturated carbocycles. The second kappa shape index (κ2) is 6.33. The van der Waals surface area contributed by atoms with Crippen molar-refractivity contribution in [3.05, 3.63) is 22.4 Å². The molecule has 0 aliphatic heterocycles. The molecule has 0 bridgehead atoms. The highest BCUT2D eigenvalue weighted by Crippen LogP contribution is 2.40. The molecule has 0 aliphatic rings. The van der Waals surface area contributed by atoms with Crippen molar-refractivity contribution in [1.82, 2.24) is 4.98 Å². The van der Waals surface area contributed by atoms with Gasteiger partial charge >= 0.3 is 18.2 Å². The van der Waals surface area contributed by atoms with Crippen LogP contribution >= 0.6 is 23.2 Å². The predicted molar refractivity (Wildman–Crippen MR) is 69.3 cm³/mol. The van der Waals surface area contributed by atoms with Gasteiger partial charge in [-0.3, -0.25) is 4.79 Å². The van der Waals surface area contributed by atoms with Crippen molar-refractivity contribution in [3.63, 3.8) is 0 Å². The van der Waals surface area contributed by atoms with Gasteiger partial charge in [0.1, 0.15) is 10.3 Å². The molecule has 1 amide bonds. The van der Waals surface area contributed by atoms with Crippen LogP contribution < -0.4 is 4.90 Å². The van der Waals surface area contributed by atoms with Crippen LogP contribution in [0.25, 0.3) is 0 Å². The van der Waals surface area contributed by atoms with E-state index in [0.29, 0.717) is 0 Å². The van der Waals surface area contributed by atoms with Crippen LogP contribution in [0.1, 0.15) is 6.92 Å². The quantitative estimate of drug-likeness (QED) is 0.576. The molecule has 0 spiro atoms. The molecule has 0 N–H and O–H groups in total. The normalized spacial score (nSPS) is 15.2. The Kier molecular flexibility index (Phi) is 5.44. The molecule has 0 saturated heterocycles. The maximum Gasteiger partial charge on any atom is 0.525 e. The molecule has 0 aromatic carbocycles. The summed E-state index contributed by atoms with van der Waals surface area (Å²) in [5, 5.41) is -0.546. The van der Waals surface area contributed by atoms with Crippen LogP contribution in [-0.2, 0) is 9.53 Å². The first-order valence-corrected chi connectivity index (χ1v) is 6.38. The number of ether oxygens (including phenoxy) is 1. The first-order chi connectivity index (χ1) is 10.2. The van der Waals surface area contributed by atoms with E-state index in [1.807, 2.05) is 0 Å². The van der Waals surface area contributed by atoms with Gasteiger partial charge in [0, 0.05) is 19.7 Å². The van der Waals surface area contributed by atoms with Gasteiger partial charge in [-0.15, -0.1) is 13.2 Å². The van der Waals surface area contributed by atoms with E-state index in [1.165, 1.54) is 0 Å². The fraction of sp³-hybridized carbons (Fsp3) is 0.455. The summed E-state index contributed by atoms with van der Waals surface area (Å²) in [5.74, 6) is -12.1. The molecule has 1 heterocycles. The Morgan fingerprint density at radius 2 is 1.57 bits per heavy atom. The number of rotatable bonds is 4. The van der Waals surface area contributed by atoms with Gasteiger partial charge in [0.2, 0.25) is 0 Å². The number of carbonyl (C=O) groups is 1. The van der Waals surface area contributed by atoms with Crippen molar-refractivity contribution in [2.45, 2.75) is 25.1 Å². The first-order valence-electron chi connectivity index (χ1n) is 5.62. The highest BCUT2D eigenvalue weighted by atomic mass is 35.5. The Morgan fingerprint density at radius 1 is 1.13 bits per heavy atom. The van der Waals surface area contributed by atoms with Crippen molar-refractivity contribution in [1.29, 1.82) is 0 Å². The summed E-state index contributed by atoms with van der Waals surface area (Å²) in [7, 11) is 0.766. The zero-order valence-corrected chi connectivity index (χ0v) is 12.9. The SMILES string of the molecule is CN(C(=O)C(F)(F)C(C)(F)OC(F)(F)F)c1cc(Cl)nc(Cl)c1. The van der Waals surface area contributed by atoms with Crippen molar-refractivity contribution < 1.29 is 35.9 Å². The van der Waals surface area contributed by atoms with Gasteiger partial charge in [0.15, 0.2) is 0 Å². The molecule has 1 aromatic heterocycles. The van der Waals surface area contributed by atoms with Crippen LogP contribution in [0.2, 0.25) is 10.3 Å². The zero-order chi connectivity index (χ0) is 18.2. The van der Waals surface area contributed by atoms with Crippen LogP contribution in [0.5, 0.6) is 0 Å². The van der Waals surface area contributed by atoms with E-state index in [-0.39, 0.29) is 27.8 Å². The fourth-order valence-corrected chi connectivity index (χ4v) is 1.90. The number of hydrogen-bond acceptors (Lipinski definition) is 3. The van der Waals surface area contributed by atoms with E-state index in [0.717, 1.165) is 19.2 Å². The summed E-state index contributed by atoms with van der Waals surface area (Å²) in [6.45, 7) is -0.210. The lowest BCUT2D eigenvalue weighted by Gasteiger charge is -2.32. The molecule has 0 radical (unpaired) electrons. The summed E-state index contributed by atoms with van der Waals surface area (Å²) in [4.78, 5) is 15.4. The molecule has 1 atom stereocenters. The molecule has 1 aromatic rings. The Balaban J connectivity index is 3.14. The molecule has 12 heteroatoms. The molecule has 1 unspecified atom stereocenters. The topological polar surface area (TPSA) is 42.4 Å². The number of nitrogens with zero attached hydrogens (tertiary/aromatic N) is 2. The largest absolute Gasteiger partial charge is 0.525 e. The summed E-state index contributed by atoms with van der Waals surface area (Å²) in [6, 6.07) is 1.86. The van der Waals surface area contributed by atoms with Crippen LogP contribution in [0.4, 0.5) is 32.0 Å². The monoisotopic (exact) mass is 384 g/mol. The molecule has 23 heavy (non-hydrogen) atoms. The van der Waals surface area contributed by atoms with Crippen LogP contribution in [0.3, 0.4) is 0 Å². The molecule has 130 valence electrons. The van der Waals surface area contributed by atoms with Crippen molar-refractivity contribution in [2.24, 2.45) is 0 Å². The second-order valence-electron chi connectivity index (χ2n) is 4.37. The van der Waals surface area contributed by atoms with Gasteiger partial charge in [0.25, 0.3) is 5.85 Å². The predicted octanol–water partition coefficient (Wildman–Crippen LogP) is 4.21. The van der Waals surface area contributed by atoms with E-state index in [1.54, 1.807) is 0 Å². The lowest BCUT2D eigenvalue weighted by atomic mass is 10.1. The minimum Gasteiger partial charge on any atom is -0.310 e. The Labute approximate surface area is 135 Å². The number of pyridine rings is 1. The van der Waals surface area contributed by atoms with E-state index >= 15 is 0 Å². The molecular weight excluding hydrogens is 377 g/mol. The van der Waals surface area contributed by atoms with Crippen LogP contribution in [0.15, 0.2) is 12.1 Å². The summed E-state index contributed by atoms with van der Waals surface area (Å²) in [5.41, 5.74) is -0.331. The van der Waals surface area contributed by atoms with Crippen molar-refractivity contribution in [2.75, 3.05) is 11.9 Å². The van der Waals surface area contributed by atoms with Gasteiger partial charge in [0.05, 0.1) is 0 Å². The molecule has 4 nitrogen and oxygen atoms in total. The van der Waals surface area contributed by atoms with Crippen LogP contribution in [0, 0.1) is 0 Å². The van der Waals surface area contributed by atoms with Gasteiger partial charge in [-0.25, -0.2) is 14.1 Å². The summed E-state index contributed by atoms with van der Waals surface area (Å²) >= 11 is 11.0. The van der Waals surface area contributed by atoms with Crippen molar-refractivity contribution >= 4 is 34.8 Å². The second-order valence-corrected chi connectivity index (χ2v) is 5.15. The summed E-state index contributed by atoms with van der Waals surface area (Å²) < 4.78 is 80.0. The maximum atomic E-state index is 13.8. The average molecular weight is 385 g/mol. The standard InChI is InChI=1S/C11H8Cl2F6N2O2/c1-9(14,23-11(17,18)19)10(15,16)8(22)21(2)5-3-6(12)20-7(13)4-5/h3-4H,1-2H3. The average Bonchev–Trinajstić information content (AvgIpc) is 2.32. The van der Waals surface area contributed by atoms with E-state index < -0.39 is 24.0 Å². The van der Waals surface area contributed by atoms with Crippen LogP contribution in [-0.4, -0.2) is 36.1 Å². The number of aromatic nitrogens is 1. The van der Waals surface area contributed by atoms with E-state index in [2.05, 4.69) is 9.72 Å². The molecule has 0 fully saturated rings. The van der Waals surface area contributed by atoms with Gasteiger partial charge < -0.3 is 4.90 Å². The third-order valence-electron chi connectivity index (χ3n) is 2.58. The Bertz CT molecular complexity index is 588. The number of anilines is 1. The minimum atomic E-state index is -5.71. The highest BCUT2D eigenvalue weighted by Gasteiger charge is 2.63. The number of alkyl halides is 6. The first kappa shape index (κ1) is 19.8. The number of carbonyl (C=O) groups excluding carboxylic acids is 1. The van der Waals surface area contributed by atoms with E-state index in [9.17, 15) is 31.1 Å². The highest BCUT2D eigenvalue weighted by molar-refractivity contribution is 6.33. The molecule has 0 aliphatic carbocycles. The number of halogens is 8. The molecular formula is C11H8Cl2F6N2O2. The Morgan fingerprint density at radius 3 is 1.96 bits per heavy atom. The molecule has 1 rings (SSSR count). The third-order valence-corrected chi connectivity index (χ3v) is 2.96. The smallest absolute Gasteiger partial charge is 0.310 e. The number of amides is 1. The summed E-state index contributed by atoms with van der Waals surface area (Å²) in [6.07, 6.45) is -5.71. The lowest BCUT2D eigenvalue weighted by molar-refractivity contribution is -0.416.